The summed E-state index contributed by atoms with van der Waals surface area (Å²) in [7, 11) is 3.97. The molecule has 0 atom stereocenters. The van der Waals surface area contributed by atoms with Crippen LogP contribution in [0.2, 0.25) is 0 Å². The number of amides is 1. The molecule has 3 heterocycles. The van der Waals surface area contributed by atoms with Crippen LogP contribution in [0.15, 0.2) is 72.2 Å². The van der Waals surface area contributed by atoms with Gasteiger partial charge in [0, 0.05) is 36.7 Å². The Balaban J connectivity index is 1.45. The first-order valence-corrected chi connectivity index (χ1v) is 11.8. The quantitative estimate of drug-likeness (QED) is 0.375. The first kappa shape index (κ1) is 21.8. The molecule has 2 aromatic carbocycles. The van der Waals surface area contributed by atoms with Gasteiger partial charge in [-0.15, -0.1) is 11.3 Å². The molecule has 5 rings (SSSR count). The molecule has 0 saturated carbocycles. The molecule has 7 nitrogen and oxygen atoms in total. The third kappa shape index (κ3) is 4.53. The number of aromatic nitrogens is 4. The summed E-state index contributed by atoms with van der Waals surface area (Å²) in [5.74, 6) is 0.592. The molecule has 0 radical (unpaired) electrons. The number of benzene rings is 2. The zero-order valence-electron chi connectivity index (χ0n) is 19.2. The van der Waals surface area contributed by atoms with Crippen LogP contribution in [0.1, 0.15) is 11.4 Å². The van der Waals surface area contributed by atoms with E-state index in [-0.39, 0.29) is 12.3 Å². The smallest absolute Gasteiger partial charge is 0.230 e. The average Bonchev–Trinajstić information content (AvgIpc) is 3.46. The van der Waals surface area contributed by atoms with E-state index in [9.17, 15) is 4.79 Å². The molecule has 0 fully saturated rings. The number of fused-ring (bicyclic) bond motifs is 1. The van der Waals surface area contributed by atoms with Gasteiger partial charge in [-0.3, -0.25) is 4.79 Å². The molecule has 0 aliphatic carbocycles. The molecule has 170 valence electrons. The molecule has 0 spiro atoms. The van der Waals surface area contributed by atoms with E-state index in [1.165, 1.54) is 0 Å². The van der Waals surface area contributed by atoms with Gasteiger partial charge in [0.15, 0.2) is 5.82 Å². The lowest BCUT2D eigenvalue weighted by atomic mass is 10.1. The second-order valence-corrected chi connectivity index (χ2v) is 9.16. The minimum atomic E-state index is -0.121. The lowest BCUT2D eigenvalue weighted by molar-refractivity contribution is -0.115. The Hall–Kier alpha value is -4.04. The molecule has 34 heavy (non-hydrogen) atoms. The number of anilines is 2. The third-order valence-electron chi connectivity index (χ3n) is 5.49. The zero-order chi connectivity index (χ0) is 23.7. The predicted molar refractivity (Wildman–Crippen MR) is 138 cm³/mol. The Kier molecular flexibility index (Phi) is 5.81. The lowest BCUT2D eigenvalue weighted by Crippen LogP contribution is -2.15. The van der Waals surface area contributed by atoms with Crippen LogP contribution in [0.5, 0.6) is 0 Å². The highest BCUT2D eigenvalue weighted by Crippen LogP contribution is 2.28. The summed E-state index contributed by atoms with van der Waals surface area (Å²) in [5, 5.41) is 7.72. The van der Waals surface area contributed by atoms with E-state index in [0.29, 0.717) is 11.5 Å². The summed E-state index contributed by atoms with van der Waals surface area (Å²) >= 11 is 1.60. The van der Waals surface area contributed by atoms with Crippen molar-refractivity contribution >= 4 is 38.8 Å². The predicted octanol–water partition coefficient (Wildman–Crippen LogP) is 5.10. The monoisotopic (exact) mass is 468 g/mol. The maximum Gasteiger partial charge on any atom is 0.230 e. The normalized spacial score (nSPS) is 11.0. The highest BCUT2D eigenvalue weighted by molar-refractivity contribution is 7.16. The van der Waals surface area contributed by atoms with Gasteiger partial charge in [0.2, 0.25) is 5.91 Å². The largest absolute Gasteiger partial charge is 0.378 e. The molecule has 1 amide bonds. The van der Waals surface area contributed by atoms with E-state index in [1.807, 2.05) is 96.8 Å². The number of carbonyl (C=O) groups is 1. The summed E-state index contributed by atoms with van der Waals surface area (Å²) in [6, 6.07) is 21.7. The Morgan fingerprint density at radius 3 is 2.65 bits per heavy atom. The highest BCUT2D eigenvalue weighted by Gasteiger charge is 2.16. The zero-order valence-corrected chi connectivity index (χ0v) is 20.0. The van der Waals surface area contributed by atoms with Crippen molar-refractivity contribution in [3.05, 3.63) is 83.6 Å². The van der Waals surface area contributed by atoms with Crippen LogP contribution in [0.25, 0.3) is 27.3 Å². The van der Waals surface area contributed by atoms with E-state index in [2.05, 4.69) is 21.4 Å². The second-order valence-electron chi connectivity index (χ2n) is 8.27. The minimum absolute atomic E-state index is 0.121. The van der Waals surface area contributed by atoms with Crippen molar-refractivity contribution in [3.8, 4) is 17.1 Å². The number of hydrogen-bond acceptors (Lipinski definition) is 6. The molecular formula is C26H24N6OS. The topological polar surface area (TPSA) is 75.9 Å². The van der Waals surface area contributed by atoms with Crippen molar-refractivity contribution in [2.24, 2.45) is 0 Å². The van der Waals surface area contributed by atoms with Gasteiger partial charge in [0.1, 0.15) is 0 Å². The molecule has 8 heteroatoms. The van der Waals surface area contributed by atoms with Crippen molar-refractivity contribution in [2.75, 3.05) is 24.3 Å². The third-order valence-corrected chi connectivity index (χ3v) is 6.28. The molecule has 0 saturated heterocycles. The number of nitrogens with one attached hydrogen (secondary N) is 1. The van der Waals surface area contributed by atoms with Crippen molar-refractivity contribution in [1.29, 1.82) is 0 Å². The SMILES string of the molecule is Cc1cccc(-n2nc(CC(=O)Nc3ccc(N(C)C)cc3)cc2-c2ccc3ncsc3c2)n1. The van der Waals surface area contributed by atoms with Gasteiger partial charge in [-0.25, -0.2) is 14.6 Å². The van der Waals surface area contributed by atoms with Crippen molar-refractivity contribution in [1.82, 2.24) is 19.7 Å². The first-order valence-electron chi connectivity index (χ1n) is 10.9. The molecule has 0 aliphatic rings. The molecule has 5 aromatic rings. The summed E-state index contributed by atoms with van der Waals surface area (Å²) in [6.45, 7) is 1.95. The van der Waals surface area contributed by atoms with Gasteiger partial charge < -0.3 is 10.2 Å². The Bertz CT molecular complexity index is 1470. The molecule has 1 N–H and O–H groups in total. The van der Waals surface area contributed by atoms with Crippen LogP contribution >= 0.6 is 11.3 Å². The number of thiazole rings is 1. The molecular weight excluding hydrogens is 444 g/mol. The summed E-state index contributed by atoms with van der Waals surface area (Å²) < 4.78 is 2.91. The van der Waals surface area contributed by atoms with Gasteiger partial charge in [-0.05, 0) is 61.5 Å². The maximum atomic E-state index is 12.8. The van der Waals surface area contributed by atoms with Crippen molar-refractivity contribution in [2.45, 2.75) is 13.3 Å². The summed E-state index contributed by atoms with van der Waals surface area (Å²) in [6.07, 6.45) is 0.157. The van der Waals surface area contributed by atoms with Gasteiger partial charge >= 0.3 is 0 Å². The molecule has 0 bridgehead atoms. The van der Waals surface area contributed by atoms with E-state index >= 15 is 0 Å². The van der Waals surface area contributed by atoms with Crippen molar-refractivity contribution in [3.63, 3.8) is 0 Å². The first-order chi connectivity index (χ1) is 16.5. The number of aryl methyl sites for hydroxylation is 1. The maximum absolute atomic E-state index is 12.8. The number of rotatable bonds is 6. The second kappa shape index (κ2) is 9.07. The minimum Gasteiger partial charge on any atom is -0.378 e. The molecule has 0 aliphatic heterocycles. The van der Waals surface area contributed by atoms with Gasteiger partial charge in [0.05, 0.1) is 33.5 Å². The fourth-order valence-corrected chi connectivity index (χ4v) is 4.49. The van der Waals surface area contributed by atoms with E-state index < -0.39 is 0 Å². The Morgan fingerprint density at radius 1 is 1.06 bits per heavy atom. The van der Waals surface area contributed by atoms with Gasteiger partial charge in [-0.1, -0.05) is 12.1 Å². The molecule has 3 aromatic heterocycles. The van der Waals surface area contributed by atoms with Crippen LogP contribution < -0.4 is 10.2 Å². The fraction of sp³-hybridized carbons (Fsp3) is 0.154. The standard InChI is InChI=1S/C26H24N6OS/c1-17-5-4-6-25(28-17)32-23(18-7-12-22-24(13-18)34-16-27-22)14-20(30-32)15-26(33)29-19-8-10-21(11-9-19)31(2)3/h4-14,16H,15H2,1-3H3,(H,29,33). The van der Waals surface area contributed by atoms with E-state index in [4.69, 9.17) is 5.10 Å². The Labute approximate surface area is 201 Å². The van der Waals surface area contributed by atoms with Gasteiger partial charge in [0.25, 0.3) is 0 Å². The van der Waals surface area contributed by atoms with E-state index in [0.717, 1.165) is 38.5 Å². The highest BCUT2D eigenvalue weighted by atomic mass is 32.1. The van der Waals surface area contributed by atoms with Gasteiger partial charge in [-0.2, -0.15) is 5.10 Å². The van der Waals surface area contributed by atoms with Crippen LogP contribution in [0.4, 0.5) is 11.4 Å². The Morgan fingerprint density at radius 2 is 1.88 bits per heavy atom. The number of nitrogens with zero attached hydrogens (tertiary/aromatic N) is 5. The van der Waals surface area contributed by atoms with Crippen LogP contribution in [-0.4, -0.2) is 39.8 Å². The van der Waals surface area contributed by atoms with Crippen LogP contribution in [0, 0.1) is 6.92 Å². The van der Waals surface area contributed by atoms with Crippen LogP contribution in [0.3, 0.4) is 0 Å². The summed E-state index contributed by atoms with van der Waals surface area (Å²) in [4.78, 5) is 23.8. The average molecular weight is 469 g/mol. The van der Waals surface area contributed by atoms with E-state index in [1.54, 1.807) is 11.3 Å². The summed E-state index contributed by atoms with van der Waals surface area (Å²) in [5.41, 5.74) is 8.09. The lowest BCUT2D eigenvalue weighted by Gasteiger charge is -2.12. The van der Waals surface area contributed by atoms with Crippen LogP contribution in [-0.2, 0) is 11.2 Å². The number of carbonyl (C=O) groups excluding carboxylic acids is 1. The molecule has 0 unspecified atom stereocenters. The number of hydrogen-bond donors (Lipinski definition) is 1. The number of pyridine rings is 1. The fourth-order valence-electron chi connectivity index (χ4n) is 3.77. The van der Waals surface area contributed by atoms with Crippen molar-refractivity contribution < 1.29 is 4.79 Å².